The molecule has 0 heterocycles. The van der Waals surface area contributed by atoms with Gasteiger partial charge in [0.1, 0.15) is 14.2 Å². The van der Waals surface area contributed by atoms with Crippen LogP contribution in [-0.4, -0.2) is 14.2 Å². The van der Waals surface area contributed by atoms with Crippen molar-refractivity contribution in [3.8, 4) is 0 Å². The predicted molar refractivity (Wildman–Crippen MR) is 96.2 cm³/mol. The van der Waals surface area contributed by atoms with Crippen LogP contribution < -0.4 is 0 Å². The van der Waals surface area contributed by atoms with Crippen LogP contribution in [-0.2, 0) is 11.2 Å². The molecule has 21 heavy (non-hydrogen) atoms. The highest BCUT2D eigenvalue weighted by atomic mass is 28.3. The van der Waals surface area contributed by atoms with Gasteiger partial charge in [0.25, 0.3) is 0 Å². The Morgan fingerprint density at radius 2 is 1.81 bits per heavy atom. The summed E-state index contributed by atoms with van der Waals surface area (Å²) in [7, 11) is -1.67. The Morgan fingerprint density at radius 1 is 1.24 bits per heavy atom. The maximum Gasteiger partial charge on any atom is 0.130 e. The Hall–Kier alpha value is -1.28. The van der Waals surface area contributed by atoms with Crippen molar-refractivity contribution in [2.24, 2.45) is 0 Å². The molecule has 116 valence electrons. The van der Waals surface area contributed by atoms with Crippen molar-refractivity contribution in [3.63, 3.8) is 0 Å². The average Bonchev–Trinajstić information content (AvgIpc) is 2.38. The van der Waals surface area contributed by atoms with E-state index in [1.807, 2.05) is 12.1 Å². The highest BCUT2D eigenvalue weighted by molar-refractivity contribution is 6.86. The summed E-state index contributed by atoms with van der Waals surface area (Å²) < 4.78 is 6.28. The van der Waals surface area contributed by atoms with Crippen molar-refractivity contribution in [1.82, 2.24) is 0 Å². The van der Waals surface area contributed by atoms with Crippen LogP contribution in [0, 0.1) is 0 Å². The fourth-order valence-corrected chi connectivity index (χ4v) is 3.30. The quantitative estimate of drug-likeness (QED) is 0.354. The largest absolute Gasteiger partial charge is 0.500 e. The van der Waals surface area contributed by atoms with Crippen LogP contribution in [0.3, 0.4) is 0 Å². The van der Waals surface area contributed by atoms with Gasteiger partial charge in [-0.3, -0.25) is 0 Å². The minimum Gasteiger partial charge on any atom is -0.500 e. The van der Waals surface area contributed by atoms with Crippen molar-refractivity contribution in [3.05, 3.63) is 60.5 Å². The van der Waals surface area contributed by atoms with Gasteiger partial charge >= 0.3 is 0 Å². The molecule has 1 aromatic carbocycles. The van der Waals surface area contributed by atoms with Crippen LogP contribution in [0.1, 0.15) is 32.8 Å². The first kappa shape index (κ1) is 17.8. The first-order valence-corrected chi connectivity index (χ1v) is 10.7. The second-order valence-corrected chi connectivity index (χ2v) is 12.6. The second-order valence-electron chi connectivity index (χ2n) is 7.25. The van der Waals surface area contributed by atoms with E-state index >= 15 is 0 Å². The van der Waals surface area contributed by atoms with E-state index in [0.717, 1.165) is 18.2 Å². The standard InChI is InChI=1S/C19H30OSi/c1-8-12-18(15-17-13-10-9-11-14-17)20-16(2)21(6,7)19(3,4)5/h8-11,13-14,18H,1-2,12,15H2,3-7H3/t18-/m0/s1. The molecule has 1 rings (SSSR count). The Bertz CT molecular complexity index is 468. The molecule has 0 aromatic heterocycles. The van der Waals surface area contributed by atoms with Crippen LogP contribution in [0.4, 0.5) is 0 Å². The van der Waals surface area contributed by atoms with Gasteiger partial charge in [-0.05, 0) is 10.6 Å². The summed E-state index contributed by atoms with van der Waals surface area (Å²) in [5, 5.41) is 1.24. The minimum atomic E-state index is -1.67. The average molecular weight is 303 g/mol. The van der Waals surface area contributed by atoms with Crippen molar-refractivity contribution < 1.29 is 4.74 Å². The van der Waals surface area contributed by atoms with Gasteiger partial charge in [-0.15, -0.1) is 6.58 Å². The van der Waals surface area contributed by atoms with E-state index in [0.29, 0.717) is 0 Å². The minimum absolute atomic E-state index is 0.131. The van der Waals surface area contributed by atoms with E-state index in [4.69, 9.17) is 4.74 Å². The smallest absolute Gasteiger partial charge is 0.130 e. The molecule has 0 unspecified atom stereocenters. The number of rotatable bonds is 7. The van der Waals surface area contributed by atoms with Gasteiger partial charge < -0.3 is 4.74 Å². The van der Waals surface area contributed by atoms with E-state index in [2.05, 4.69) is 71.3 Å². The Morgan fingerprint density at radius 3 is 2.29 bits per heavy atom. The van der Waals surface area contributed by atoms with E-state index in [-0.39, 0.29) is 11.1 Å². The summed E-state index contributed by atoms with van der Waals surface area (Å²) in [5.74, 6) is 0. The zero-order valence-corrected chi connectivity index (χ0v) is 15.3. The van der Waals surface area contributed by atoms with Gasteiger partial charge in [0.05, 0.1) is 5.38 Å². The molecule has 0 aliphatic carbocycles. The summed E-state index contributed by atoms with van der Waals surface area (Å²) in [5.41, 5.74) is 1.30. The molecule has 0 bridgehead atoms. The monoisotopic (exact) mass is 302 g/mol. The third kappa shape index (κ3) is 4.89. The first-order chi connectivity index (χ1) is 9.68. The van der Waals surface area contributed by atoms with Crippen LogP contribution in [0.25, 0.3) is 0 Å². The van der Waals surface area contributed by atoms with Gasteiger partial charge in [0, 0.05) is 12.8 Å². The summed E-state index contributed by atoms with van der Waals surface area (Å²) in [6, 6.07) is 10.5. The molecule has 0 aliphatic rings. The third-order valence-electron chi connectivity index (χ3n) is 4.62. The molecule has 0 N–H and O–H groups in total. The Labute approximate surface area is 131 Å². The van der Waals surface area contributed by atoms with Gasteiger partial charge in [-0.25, -0.2) is 0 Å². The molecule has 0 fully saturated rings. The van der Waals surface area contributed by atoms with E-state index < -0.39 is 8.07 Å². The summed E-state index contributed by atoms with van der Waals surface area (Å²) in [6.07, 6.45) is 3.82. The molecule has 0 saturated carbocycles. The topological polar surface area (TPSA) is 9.23 Å². The molecule has 1 aromatic rings. The van der Waals surface area contributed by atoms with Gasteiger partial charge in [0.2, 0.25) is 0 Å². The fourth-order valence-electron chi connectivity index (χ4n) is 2.00. The SMILES string of the molecule is C=CC[C@@H](Cc1ccccc1)OC(=C)[Si](C)(C)C(C)(C)C. The van der Waals surface area contributed by atoms with Crippen LogP contribution in [0.5, 0.6) is 0 Å². The van der Waals surface area contributed by atoms with Gasteiger partial charge in [0.15, 0.2) is 0 Å². The third-order valence-corrected chi connectivity index (χ3v) is 9.88. The summed E-state index contributed by atoms with van der Waals surface area (Å²) in [4.78, 5) is 0. The second kappa shape index (κ2) is 7.12. The maximum absolute atomic E-state index is 6.28. The van der Waals surface area contributed by atoms with E-state index in [1.165, 1.54) is 5.56 Å². The van der Waals surface area contributed by atoms with Crippen molar-refractivity contribution in [2.45, 2.75) is 57.8 Å². The molecule has 0 spiro atoms. The number of hydrogen-bond donors (Lipinski definition) is 0. The van der Waals surface area contributed by atoms with Crippen LogP contribution >= 0.6 is 0 Å². The molecule has 0 saturated heterocycles. The molecular formula is C19H30OSi. The Balaban J connectivity index is 2.79. The molecule has 0 aliphatic heterocycles. The lowest BCUT2D eigenvalue weighted by Gasteiger charge is -2.39. The zero-order chi connectivity index (χ0) is 16.1. The molecule has 1 atom stereocenters. The van der Waals surface area contributed by atoms with Gasteiger partial charge in [-0.2, -0.15) is 0 Å². The van der Waals surface area contributed by atoms with Crippen molar-refractivity contribution in [1.29, 1.82) is 0 Å². The van der Waals surface area contributed by atoms with Crippen LogP contribution in [0.2, 0.25) is 18.1 Å². The van der Waals surface area contributed by atoms with Crippen molar-refractivity contribution in [2.75, 3.05) is 0 Å². The summed E-state index contributed by atoms with van der Waals surface area (Å²) >= 11 is 0. The van der Waals surface area contributed by atoms with Crippen LogP contribution in [0.15, 0.2) is 54.9 Å². The van der Waals surface area contributed by atoms with E-state index in [1.54, 1.807) is 0 Å². The number of benzene rings is 1. The van der Waals surface area contributed by atoms with Crippen molar-refractivity contribution >= 4 is 8.07 Å². The lowest BCUT2D eigenvalue weighted by molar-refractivity contribution is 0.133. The highest BCUT2D eigenvalue weighted by Gasteiger charge is 2.40. The molecule has 0 radical (unpaired) electrons. The number of ether oxygens (including phenoxy) is 1. The molecule has 1 nitrogen and oxygen atoms in total. The maximum atomic E-state index is 6.28. The fraction of sp³-hybridized carbons (Fsp3) is 0.474. The highest BCUT2D eigenvalue weighted by Crippen LogP contribution is 2.40. The zero-order valence-electron chi connectivity index (χ0n) is 14.3. The molecule has 0 amide bonds. The molecular weight excluding hydrogens is 272 g/mol. The Kier molecular flexibility index (Phi) is 6.03. The summed E-state index contributed by atoms with van der Waals surface area (Å²) in [6.45, 7) is 19.7. The lowest BCUT2D eigenvalue weighted by Crippen LogP contribution is -2.41. The first-order valence-electron chi connectivity index (χ1n) is 7.69. The lowest BCUT2D eigenvalue weighted by atomic mass is 10.1. The number of hydrogen-bond acceptors (Lipinski definition) is 1. The predicted octanol–water partition coefficient (Wildman–Crippen LogP) is 5.75. The van der Waals surface area contributed by atoms with Gasteiger partial charge in [-0.1, -0.05) is 76.9 Å². The van der Waals surface area contributed by atoms with E-state index in [9.17, 15) is 0 Å². The normalized spacial score (nSPS) is 13.6. The molecule has 2 heteroatoms.